The van der Waals surface area contributed by atoms with Crippen LogP contribution in [0, 0.1) is 0 Å². The molecule has 0 spiro atoms. The van der Waals surface area contributed by atoms with Crippen LogP contribution in [0.1, 0.15) is 33.1 Å². The van der Waals surface area contributed by atoms with Crippen LogP contribution in [0.25, 0.3) is 0 Å². The quantitative estimate of drug-likeness (QED) is 0.684. The normalized spacial score (nSPS) is 26.3. The zero-order valence-corrected chi connectivity index (χ0v) is 13.0. The second-order valence-electron chi connectivity index (χ2n) is 5.98. The number of ether oxygens (including phenoxy) is 2. The summed E-state index contributed by atoms with van der Waals surface area (Å²) in [6.07, 6.45) is 3.70. The Hall–Kier alpha value is -0.650. The van der Waals surface area contributed by atoms with E-state index in [1.807, 2.05) is 6.92 Å². The van der Waals surface area contributed by atoms with Crippen molar-refractivity contribution < 1.29 is 14.3 Å². The summed E-state index contributed by atoms with van der Waals surface area (Å²) in [5, 5.41) is 0. The van der Waals surface area contributed by atoms with Crippen molar-refractivity contribution in [3.05, 3.63) is 0 Å². The number of carbonyl (C=O) groups excluding carboxylic acids is 1. The predicted octanol–water partition coefficient (Wildman–Crippen LogP) is 1.12. The fourth-order valence-electron chi connectivity index (χ4n) is 3.05. The van der Waals surface area contributed by atoms with Crippen molar-refractivity contribution in [1.82, 2.24) is 9.80 Å². The molecular formula is C15H28N2O3. The highest BCUT2D eigenvalue weighted by molar-refractivity contribution is 5.75. The maximum atomic E-state index is 11.8. The van der Waals surface area contributed by atoms with Crippen LogP contribution in [0.2, 0.25) is 0 Å². The molecule has 1 saturated carbocycles. The van der Waals surface area contributed by atoms with Crippen molar-refractivity contribution in [3.8, 4) is 0 Å². The number of hydrogen-bond donors (Lipinski definition) is 0. The Morgan fingerprint density at radius 3 is 2.80 bits per heavy atom. The van der Waals surface area contributed by atoms with Gasteiger partial charge in [0.1, 0.15) is 6.04 Å². The van der Waals surface area contributed by atoms with E-state index in [9.17, 15) is 4.79 Å². The van der Waals surface area contributed by atoms with E-state index in [4.69, 9.17) is 9.47 Å². The third-order valence-corrected chi connectivity index (χ3v) is 4.73. The van der Waals surface area contributed by atoms with E-state index >= 15 is 0 Å². The Morgan fingerprint density at radius 2 is 2.25 bits per heavy atom. The molecule has 1 aliphatic heterocycles. The molecule has 0 aromatic rings. The highest BCUT2D eigenvalue weighted by Crippen LogP contribution is 2.26. The molecule has 20 heavy (non-hydrogen) atoms. The van der Waals surface area contributed by atoms with Gasteiger partial charge in [0.15, 0.2) is 0 Å². The van der Waals surface area contributed by atoms with Gasteiger partial charge in [0.05, 0.1) is 20.3 Å². The van der Waals surface area contributed by atoms with Crippen LogP contribution in [0.5, 0.6) is 0 Å². The van der Waals surface area contributed by atoms with Gasteiger partial charge in [-0.05, 0) is 26.7 Å². The summed E-state index contributed by atoms with van der Waals surface area (Å²) >= 11 is 0. The molecule has 0 unspecified atom stereocenters. The molecule has 0 N–H and O–H groups in total. The summed E-state index contributed by atoms with van der Waals surface area (Å²) in [5.74, 6) is -0.119. The second-order valence-corrected chi connectivity index (χ2v) is 5.98. The van der Waals surface area contributed by atoms with Crippen molar-refractivity contribution in [1.29, 1.82) is 0 Å². The van der Waals surface area contributed by atoms with Crippen LogP contribution < -0.4 is 0 Å². The first-order valence-electron chi connectivity index (χ1n) is 7.79. The average Bonchev–Trinajstić information content (AvgIpc) is 2.41. The van der Waals surface area contributed by atoms with E-state index < -0.39 is 0 Å². The summed E-state index contributed by atoms with van der Waals surface area (Å²) < 4.78 is 10.4. The van der Waals surface area contributed by atoms with Gasteiger partial charge >= 0.3 is 5.97 Å². The lowest BCUT2D eigenvalue weighted by Gasteiger charge is -2.42. The van der Waals surface area contributed by atoms with E-state index in [2.05, 4.69) is 16.7 Å². The highest BCUT2D eigenvalue weighted by atomic mass is 16.5. The largest absolute Gasteiger partial charge is 0.468 e. The van der Waals surface area contributed by atoms with Gasteiger partial charge < -0.3 is 9.47 Å². The smallest absolute Gasteiger partial charge is 0.322 e. The minimum absolute atomic E-state index is 0.119. The molecule has 2 rings (SSSR count). The molecule has 0 aromatic heterocycles. The van der Waals surface area contributed by atoms with Crippen LogP contribution in [0.15, 0.2) is 0 Å². The first kappa shape index (κ1) is 15.7. The van der Waals surface area contributed by atoms with Crippen LogP contribution >= 0.6 is 0 Å². The van der Waals surface area contributed by atoms with E-state index in [-0.39, 0.29) is 12.0 Å². The summed E-state index contributed by atoms with van der Waals surface area (Å²) in [7, 11) is 1.47. The van der Waals surface area contributed by atoms with E-state index in [0.29, 0.717) is 12.1 Å². The molecule has 5 heteroatoms. The van der Waals surface area contributed by atoms with Crippen molar-refractivity contribution in [2.24, 2.45) is 0 Å². The number of methoxy groups -OCH3 is 1. The zero-order valence-electron chi connectivity index (χ0n) is 13.0. The van der Waals surface area contributed by atoms with Crippen molar-refractivity contribution in [3.63, 3.8) is 0 Å². The maximum absolute atomic E-state index is 11.8. The lowest BCUT2D eigenvalue weighted by Crippen LogP contribution is -2.53. The van der Waals surface area contributed by atoms with Gasteiger partial charge in [-0.15, -0.1) is 0 Å². The summed E-state index contributed by atoms with van der Waals surface area (Å²) in [6, 6.07) is 0.891. The first-order valence-corrected chi connectivity index (χ1v) is 7.79. The molecule has 1 aliphatic carbocycles. The van der Waals surface area contributed by atoms with Gasteiger partial charge in [-0.1, -0.05) is 6.42 Å². The third-order valence-electron chi connectivity index (χ3n) is 4.73. The minimum atomic E-state index is -0.137. The number of morpholine rings is 1. The fraction of sp³-hybridized carbons (Fsp3) is 0.933. The van der Waals surface area contributed by atoms with E-state index in [0.717, 1.165) is 32.8 Å². The van der Waals surface area contributed by atoms with Crippen LogP contribution in [-0.2, 0) is 14.3 Å². The molecule has 0 amide bonds. The number of hydrogen-bond acceptors (Lipinski definition) is 5. The standard InChI is InChI=1S/C15H28N2O3/c1-12-11-20-10-9-16(12)7-8-17(14-5-4-6-14)13(2)15(18)19-3/h12-14H,4-11H2,1-3H3/t12-,13-/m0/s1. The molecular weight excluding hydrogens is 256 g/mol. The highest BCUT2D eigenvalue weighted by Gasteiger charge is 2.32. The predicted molar refractivity (Wildman–Crippen MR) is 77.7 cm³/mol. The van der Waals surface area contributed by atoms with Gasteiger partial charge in [-0.25, -0.2) is 0 Å². The van der Waals surface area contributed by atoms with E-state index in [1.165, 1.54) is 26.4 Å². The molecule has 116 valence electrons. The Morgan fingerprint density at radius 1 is 1.50 bits per heavy atom. The van der Waals surface area contributed by atoms with E-state index in [1.54, 1.807) is 0 Å². The molecule has 0 radical (unpaired) electrons. The zero-order chi connectivity index (χ0) is 14.5. The molecule has 1 saturated heterocycles. The Balaban J connectivity index is 1.88. The summed E-state index contributed by atoms with van der Waals surface area (Å²) in [4.78, 5) is 16.6. The van der Waals surface area contributed by atoms with Crippen LogP contribution in [-0.4, -0.2) is 73.9 Å². The Bertz CT molecular complexity index is 320. The first-order chi connectivity index (χ1) is 9.63. The minimum Gasteiger partial charge on any atom is -0.468 e. The Kier molecular flexibility index (Phi) is 5.81. The SMILES string of the molecule is COC(=O)[C@H](C)N(CCN1CCOC[C@@H]1C)C1CCC1. The second kappa shape index (κ2) is 7.38. The molecule has 0 bridgehead atoms. The lowest BCUT2D eigenvalue weighted by atomic mass is 9.90. The monoisotopic (exact) mass is 284 g/mol. The van der Waals surface area contributed by atoms with Gasteiger partial charge in [-0.3, -0.25) is 14.6 Å². The maximum Gasteiger partial charge on any atom is 0.322 e. The molecule has 1 heterocycles. The van der Waals surface area contributed by atoms with Crippen LogP contribution in [0.3, 0.4) is 0 Å². The van der Waals surface area contributed by atoms with Gasteiger partial charge in [-0.2, -0.15) is 0 Å². The third kappa shape index (κ3) is 3.71. The van der Waals surface area contributed by atoms with Gasteiger partial charge in [0.2, 0.25) is 0 Å². The molecule has 5 nitrogen and oxygen atoms in total. The van der Waals surface area contributed by atoms with Gasteiger partial charge in [0, 0.05) is 31.7 Å². The Labute approximate surface area is 122 Å². The van der Waals surface area contributed by atoms with Crippen LogP contribution in [0.4, 0.5) is 0 Å². The lowest BCUT2D eigenvalue weighted by molar-refractivity contribution is -0.148. The fourth-order valence-corrected chi connectivity index (χ4v) is 3.05. The number of carbonyl (C=O) groups is 1. The molecule has 0 aromatic carbocycles. The number of nitrogens with zero attached hydrogens (tertiary/aromatic N) is 2. The summed E-state index contributed by atoms with van der Waals surface area (Å²) in [5.41, 5.74) is 0. The number of rotatable bonds is 6. The topological polar surface area (TPSA) is 42.0 Å². The van der Waals surface area contributed by atoms with Crippen molar-refractivity contribution in [2.45, 2.75) is 51.2 Å². The number of esters is 1. The van der Waals surface area contributed by atoms with Crippen molar-refractivity contribution >= 4 is 5.97 Å². The molecule has 2 fully saturated rings. The van der Waals surface area contributed by atoms with Crippen molar-refractivity contribution in [2.75, 3.05) is 40.0 Å². The average molecular weight is 284 g/mol. The van der Waals surface area contributed by atoms with Gasteiger partial charge in [0.25, 0.3) is 0 Å². The molecule has 2 atom stereocenters. The molecule has 2 aliphatic rings. The summed E-state index contributed by atoms with van der Waals surface area (Å²) in [6.45, 7) is 8.74.